The van der Waals surface area contributed by atoms with E-state index >= 15 is 0 Å². The van der Waals surface area contributed by atoms with Crippen LogP contribution in [0.2, 0.25) is 5.02 Å². The maximum Gasteiger partial charge on any atom is 0.123 e. The van der Waals surface area contributed by atoms with Crippen LogP contribution < -0.4 is 5.73 Å². The molecule has 1 fully saturated rings. The average molecular weight is 299 g/mol. The minimum atomic E-state index is -0.302. The Morgan fingerprint density at radius 2 is 1.80 bits per heavy atom. The fraction of sp³-hybridized carbons (Fsp3) is 0.625. The van der Waals surface area contributed by atoms with Gasteiger partial charge in [0.15, 0.2) is 0 Å². The van der Waals surface area contributed by atoms with Gasteiger partial charge in [-0.3, -0.25) is 4.90 Å². The Morgan fingerprint density at radius 3 is 2.40 bits per heavy atom. The highest BCUT2D eigenvalue weighted by Crippen LogP contribution is 2.34. The number of nitrogens with zero attached hydrogens (tertiary/aromatic N) is 1. The van der Waals surface area contributed by atoms with Crippen molar-refractivity contribution in [3.63, 3.8) is 0 Å². The molecular formula is C16H24ClFN2. The van der Waals surface area contributed by atoms with Crippen LogP contribution in [0, 0.1) is 5.82 Å². The molecule has 0 spiro atoms. The van der Waals surface area contributed by atoms with E-state index < -0.39 is 0 Å². The van der Waals surface area contributed by atoms with Gasteiger partial charge in [-0.2, -0.15) is 0 Å². The SMILES string of the molecule is CC(C)(C(N)c1cc(F)ccc1Cl)N1CCCCCC1. The first-order valence-corrected chi connectivity index (χ1v) is 7.76. The molecule has 1 heterocycles. The van der Waals surface area contributed by atoms with Gasteiger partial charge in [0.25, 0.3) is 0 Å². The van der Waals surface area contributed by atoms with Gasteiger partial charge < -0.3 is 5.73 Å². The standard InChI is InChI=1S/C16H24ClFN2/c1-16(2,20-9-5-3-4-6-10-20)15(19)13-11-12(18)7-8-14(13)17/h7-8,11,15H,3-6,9-10,19H2,1-2H3. The molecule has 20 heavy (non-hydrogen) atoms. The van der Waals surface area contributed by atoms with E-state index in [-0.39, 0.29) is 17.4 Å². The lowest BCUT2D eigenvalue weighted by molar-refractivity contribution is 0.0979. The third kappa shape index (κ3) is 3.33. The molecule has 1 aliphatic heterocycles. The van der Waals surface area contributed by atoms with Crippen LogP contribution in [0.1, 0.15) is 51.1 Å². The maximum atomic E-state index is 13.5. The molecule has 0 amide bonds. The molecule has 0 saturated carbocycles. The van der Waals surface area contributed by atoms with E-state index in [1.54, 1.807) is 6.07 Å². The smallest absolute Gasteiger partial charge is 0.123 e. The van der Waals surface area contributed by atoms with E-state index in [1.165, 1.54) is 37.8 Å². The van der Waals surface area contributed by atoms with Crippen LogP contribution in [0.3, 0.4) is 0 Å². The maximum absolute atomic E-state index is 13.5. The number of halogens is 2. The summed E-state index contributed by atoms with van der Waals surface area (Å²) in [4.78, 5) is 2.42. The van der Waals surface area contributed by atoms with E-state index in [1.807, 2.05) is 0 Å². The quantitative estimate of drug-likeness (QED) is 0.909. The van der Waals surface area contributed by atoms with Crippen LogP contribution in [0.4, 0.5) is 4.39 Å². The molecule has 1 unspecified atom stereocenters. The second kappa shape index (κ2) is 6.42. The van der Waals surface area contributed by atoms with Crippen molar-refractivity contribution in [2.75, 3.05) is 13.1 Å². The normalized spacial score (nSPS) is 19.6. The second-order valence-corrected chi connectivity index (χ2v) is 6.61. The molecule has 2 N–H and O–H groups in total. The number of nitrogens with two attached hydrogens (primary N) is 1. The van der Waals surface area contributed by atoms with Gasteiger partial charge in [-0.15, -0.1) is 0 Å². The molecule has 1 aromatic carbocycles. The zero-order chi connectivity index (χ0) is 14.8. The van der Waals surface area contributed by atoms with Crippen LogP contribution >= 0.6 is 11.6 Å². The molecular weight excluding hydrogens is 275 g/mol. The van der Waals surface area contributed by atoms with Gasteiger partial charge in [-0.05, 0) is 63.5 Å². The third-order valence-corrected chi connectivity index (χ3v) is 4.82. The molecule has 1 aromatic rings. The summed E-state index contributed by atoms with van der Waals surface area (Å²) in [5.74, 6) is -0.286. The highest BCUT2D eigenvalue weighted by molar-refractivity contribution is 6.31. The van der Waals surface area contributed by atoms with Gasteiger partial charge in [-0.25, -0.2) is 4.39 Å². The number of hydrogen-bond donors (Lipinski definition) is 1. The van der Waals surface area contributed by atoms with E-state index in [0.29, 0.717) is 10.6 Å². The first-order chi connectivity index (χ1) is 9.43. The number of benzene rings is 1. The molecule has 1 saturated heterocycles. The van der Waals surface area contributed by atoms with Crippen molar-refractivity contribution in [1.82, 2.24) is 4.90 Å². The Balaban J connectivity index is 2.24. The molecule has 1 aliphatic rings. The summed E-state index contributed by atoms with van der Waals surface area (Å²) in [5, 5.41) is 0.543. The van der Waals surface area contributed by atoms with Gasteiger partial charge in [0.05, 0.1) is 0 Å². The highest BCUT2D eigenvalue weighted by atomic mass is 35.5. The molecule has 2 rings (SSSR count). The zero-order valence-electron chi connectivity index (χ0n) is 12.3. The molecule has 0 aliphatic carbocycles. The van der Waals surface area contributed by atoms with Crippen LogP contribution in [0.5, 0.6) is 0 Å². The lowest BCUT2D eigenvalue weighted by atomic mass is 9.87. The Labute approximate surface area is 126 Å². The first-order valence-electron chi connectivity index (χ1n) is 7.38. The van der Waals surface area contributed by atoms with Crippen molar-refractivity contribution in [3.8, 4) is 0 Å². The molecule has 0 aromatic heterocycles. The van der Waals surface area contributed by atoms with E-state index in [0.717, 1.165) is 13.1 Å². The minimum absolute atomic E-state index is 0.234. The van der Waals surface area contributed by atoms with Crippen molar-refractivity contribution < 1.29 is 4.39 Å². The minimum Gasteiger partial charge on any atom is -0.322 e. The Kier molecular flexibility index (Phi) is 5.05. The largest absolute Gasteiger partial charge is 0.322 e. The van der Waals surface area contributed by atoms with Crippen molar-refractivity contribution in [1.29, 1.82) is 0 Å². The predicted octanol–water partition coefficient (Wildman–Crippen LogP) is 4.13. The van der Waals surface area contributed by atoms with Crippen molar-refractivity contribution in [3.05, 3.63) is 34.6 Å². The fourth-order valence-corrected chi connectivity index (χ4v) is 3.21. The van der Waals surface area contributed by atoms with Crippen LogP contribution in [0.25, 0.3) is 0 Å². The Morgan fingerprint density at radius 1 is 1.20 bits per heavy atom. The monoisotopic (exact) mass is 298 g/mol. The van der Waals surface area contributed by atoms with Crippen molar-refractivity contribution in [2.24, 2.45) is 5.73 Å². The summed E-state index contributed by atoms with van der Waals surface area (Å²) >= 11 is 6.20. The van der Waals surface area contributed by atoms with Gasteiger partial charge >= 0.3 is 0 Å². The predicted molar refractivity (Wildman–Crippen MR) is 82.5 cm³/mol. The van der Waals surface area contributed by atoms with Crippen LogP contribution in [0.15, 0.2) is 18.2 Å². The summed E-state index contributed by atoms with van der Waals surface area (Å²) in [7, 11) is 0. The number of likely N-dealkylation sites (tertiary alicyclic amines) is 1. The summed E-state index contributed by atoms with van der Waals surface area (Å²) < 4.78 is 13.5. The van der Waals surface area contributed by atoms with Gasteiger partial charge in [0.2, 0.25) is 0 Å². The zero-order valence-corrected chi connectivity index (χ0v) is 13.1. The summed E-state index contributed by atoms with van der Waals surface area (Å²) in [6.07, 6.45) is 4.96. The topological polar surface area (TPSA) is 29.3 Å². The first kappa shape index (κ1) is 15.7. The van der Waals surface area contributed by atoms with Gasteiger partial charge in [0, 0.05) is 16.6 Å². The second-order valence-electron chi connectivity index (χ2n) is 6.20. The Bertz CT molecular complexity index is 454. The molecule has 1 atom stereocenters. The highest BCUT2D eigenvalue weighted by Gasteiger charge is 2.35. The van der Waals surface area contributed by atoms with E-state index in [2.05, 4.69) is 18.7 Å². The third-order valence-electron chi connectivity index (χ3n) is 4.48. The summed E-state index contributed by atoms with van der Waals surface area (Å²) in [6, 6.07) is 4.12. The fourth-order valence-electron chi connectivity index (χ4n) is 2.98. The van der Waals surface area contributed by atoms with Crippen molar-refractivity contribution in [2.45, 2.75) is 51.1 Å². The number of hydrogen-bond acceptors (Lipinski definition) is 2. The van der Waals surface area contributed by atoms with Crippen LogP contribution in [-0.2, 0) is 0 Å². The lowest BCUT2D eigenvalue weighted by Crippen LogP contribution is -2.51. The average Bonchev–Trinajstić information content (AvgIpc) is 2.70. The summed E-state index contributed by atoms with van der Waals surface area (Å²) in [6.45, 7) is 6.36. The number of rotatable bonds is 3. The van der Waals surface area contributed by atoms with Gasteiger partial charge in [0.1, 0.15) is 5.82 Å². The molecule has 4 heteroatoms. The summed E-state index contributed by atoms with van der Waals surface area (Å²) in [5.41, 5.74) is 6.89. The van der Waals surface area contributed by atoms with E-state index in [9.17, 15) is 4.39 Å². The van der Waals surface area contributed by atoms with Crippen LogP contribution in [-0.4, -0.2) is 23.5 Å². The molecule has 0 radical (unpaired) electrons. The molecule has 0 bridgehead atoms. The van der Waals surface area contributed by atoms with Crippen molar-refractivity contribution >= 4 is 11.6 Å². The van der Waals surface area contributed by atoms with E-state index in [4.69, 9.17) is 17.3 Å². The van der Waals surface area contributed by atoms with Gasteiger partial charge in [-0.1, -0.05) is 24.4 Å². The Hall–Kier alpha value is -0.640. The molecule has 2 nitrogen and oxygen atoms in total. The lowest BCUT2D eigenvalue weighted by Gasteiger charge is -2.42. The molecule has 112 valence electrons.